The number of pyridine rings is 1. The largest absolute Gasteiger partial charge is 0.467 e. The van der Waals surface area contributed by atoms with Crippen molar-refractivity contribution in [2.24, 2.45) is 0 Å². The van der Waals surface area contributed by atoms with Gasteiger partial charge in [-0.2, -0.15) is 0 Å². The van der Waals surface area contributed by atoms with Crippen molar-refractivity contribution < 1.29 is 9.21 Å². The summed E-state index contributed by atoms with van der Waals surface area (Å²) in [6.07, 6.45) is 1.61. The number of carbonyl (C=O) groups is 1. The normalized spacial score (nSPS) is 12.0. The van der Waals surface area contributed by atoms with E-state index in [-0.39, 0.29) is 11.5 Å². The number of hydrogen-bond acceptors (Lipinski definition) is 6. The number of benzene rings is 2. The molecule has 1 atom stereocenters. The maximum Gasteiger partial charge on any atom is 0.248 e. The molecule has 0 unspecified atom stereocenters. The monoisotopic (exact) mass is 535 g/mol. The van der Waals surface area contributed by atoms with Crippen LogP contribution >= 0.6 is 34.9 Å². The maximum absolute atomic E-state index is 14.0. The molecule has 5 rings (SSSR count). The second-order valence-electron chi connectivity index (χ2n) is 8.13. The molecule has 0 saturated heterocycles. The van der Waals surface area contributed by atoms with Crippen LogP contribution < -0.4 is 10.3 Å². The molecule has 0 radical (unpaired) electrons. The Hall–Kier alpha value is -3.30. The van der Waals surface area contributed by atoms with Gasteiger partial charge in [-0.15, -0.1) is 11.3 Å². The van der Waals surface area contributed by atoms with Crippen LogP contribution in [0.5, 0.6) is 0 Å². The van der Waals surface area contributed by atoms with Crippen LogP contribution in [0.4, 0.5) is 0 Å². The van der Waals surface area contributed by atoms with Gasteiger partial charge in [0.2, 0.25) is 11.5 Å². The first-order chi connectivity index (χ1) is 17.5. The van der Waals surface area contributed by atoms with E-state index in [4.69, 9.17) is 16.0 Å². The minimum Gasteiger partial charge on any atom is -0.467 e. The van der Waals surface area contributed by atoms with Crippen LogP contribution in [0.2, 0.25) is 5.02 Å². The van der Waals surface area contributed by atoms with Gasteiger partial charge in [-0.05, 0) is 82.9 Å². The van der Waals surface area contributed by atoms with E-state index in [1.807, 2.05) is 60.0 Å². The highest BCUT2D eigenvalue weighted by Crippen LogP contribution is 2.28. The zero-order valence-corrected chi connectivity index (χ0v) is 21.4. The molecule has 0 aliphatic rings. The van der Waals surface area contributed by atoms with Crippen molar-refractivity contribution in [1.82, 2.24) is 14.6 Å². The fraction of sp³-hybridized carbons (Fsp3) is 0.111. The Morgan fingerprint density at radius 1 is 1.06 bits per heavy atom. The second-order valence-corrected chi connectivity index (χ2v) is 10.5. The van der Waals surface area contributed by atoms with Crippen LogP contribution in [-0.4, -0.2) is 15.8 Å². The van der Waals surface area contributed by atoms with Crippen molar-refractivity contribution in [2.45, 2.75) is 24.0 Å². The molecular formula is C27H22ClN3O3S2. The number of H-pyrrole nitrogens is 1. The van der Waals surface area contributed by atoms with Crippen molar-refractivity contribution >= 4 is 51.7 Å². The lowest BCUT2D eigenvalue weighted by Crippen LogP contribution is -2.38. The minimum absolute atomic E-state index is 0.0836. The lowest BCUT2D eigenvalue weighted by Gasteiger charge is -2.27. The van der Waals surface area contributed by atoms with Crippen molar-refractivity contribution in [3.05, 3.63) is 122 Å². The number of carbonyl (C=O) groups excluding carboxylic acids is 1. The predicted octanol–water partition coefficient (Wildman–Crippen LogP) is 6.40. The number of thiophene rings is 1. The van der Waals surface area contributed by atoms with E-state index in [2.05, 4.69) is 9.71 Å². The number of halogens is 1. The Labute approximate surface area is 221 Å². The van der Waals surface area contributed by atoms with E-state index >= 15 is 0 Å². The lowest BCUT2D eigenvalue weighted by molar-refractivity contribution is -0.134. The van der Waals surface area contributed by atoms with E-state index in [9.17, 15) is 9.59 Å². The van der Waals surface area contributed by atoms with Gasteiger partial charge >= 0.3 is 0 Å². The summed E-state index contributed by atoms with van der Waals surface area (Å²) in [6.45, 7) is 0.820. The van der Waals surface area contributed by atoms with Gasteiger partial charge in [0.25, 0.3) is 0 Å². The van der Waals surface area contributed by atoms with Gasteiger partial charge in [0.1, 0.15) is 11.8 Å². The first kappa shape index (κ1) is 24.4. The van der Waals surface area contributed by atoms with E-state index in [0.717, 1.165) is 26.2 Å². The van der Waals surface area contributed by atoms with Crippen molar-refractivity contribution in [1.29, 1.82) is 0 Å². The Bertz CT molecular complexity index is 1460. The standard InChI is InChI=1S/C27H22ClN3O3S2/c28-20-8-5-18(6-9-20)26(30-36-22-10-11-24-19(15-22)7-12-25(32)29-24)27(33)31(16-21-3-1-13-34-21)17-23-4-2-14-35-23/h1-15,26,30H,16-17H2,(H,29,32)/t26-/m1/s1. The molecule has 3 heterocycles. The van der Waals surface area contributed by atoms with E-state index in [1.165, 1.54) is 18.0 Å². The summed E-state index contributed by atoms with van der Waals surface area (Å²) in [4.78, 5) is 32.2. The van der Waals surface area contributed by atoms with Gasteiger partial charge in [-0.1, -0.05) is 29.8 Å². The summed E-state index contributed by atoms with van der Waals surface area (Å²) in [7, 11) is 0. The first-order valence-corrected chi connectivity index (χ1v) is 13.3. The van der Waals surface area contributed by atoms with Gasteiger partial charge in [0.15, 0.2) is 0 Å². The average Bonchev–Trinajstić information content (AvgIpc) is 3.59. The van der Waals surface area contributed by atoms with E-state index in [0.29, 0.717) is 23.9 Å². The average molecular weight is 536 g/mol. The molecule has 6 nitrogen and oxygen atoms in total. The third kappa shape index (κ3) is 5.91. The Morgan fingerprint density at radius 3 is 2.67 bits per heavy atom. The van der Waals surface area contributed by atoms with E-state index < -0.39 is 6.04 Å². The zero-order chi connectivity index (χ0) is 24.9. The Morgan fingerprint density at radius 2 is 1.92 bits per heavy atom. The van der Waals surface area contributed by atoms with Crippen LogP contribution in [0.15, 0.2) is 105 Å². The van der Waals surface area contributed by atoms with Crippen molar-refractivity contribution in [3.8, 4) is 0 Å². The number of rotatable bonds is 9. The lowest BCUT2D eigenvalue weighted by atomic mass is 10.1. The highest BCUT2D eigenvalue weighted by Gasteiger charge is 2.27. The number of aromatic amines is 1. The number of nitrogens with one attached hydrogen (secondary N) is 2. The molecule has 2 N–H and O–H groups in total. The highest BCUT2D eigenvalue weighted by atomic mass is 35.5. The summed E-state index contributed by atoms with van der Waals surface area (Å²) >= 11 is 9.11. The molecule has 0 fully saturated rings. The maximum atomic E-state index is 14.0. The van der Waals surface area contributed by atoms with Crippen LogP contribution in [0.25, 0.3) is 10.9 Å². The molecule has 1 amide bonds. The zero-order valence-electron chi connectivity index (χ0n) is 19.0. The molecule has 0 spiro atoms. The topological polar surface area (TPSA) is 78.3 Å². The molecule has 9 heteroatoms. The quantitative estimate of drug-likeness (QED) is 0.213. The molecular weight excluding hydrogens is 514 g/mol. The van der Waals surface area contributed by atoms with Gasteiger partial charge in [0, 0.05) is 26.4 Å². The Balaban J connectivity index is 1.43. The first-order valence-electron chi connectivity index (χ1n) is 11.2. The highest BCUT2D eigenvalue weighted by molar-refractivity contribution is 7.97. The second kappa shape index (κ2) is 11.2. The number of fused-ring (bicyclic) bond motifs is 1. The van der Waals surface area contributed by atoms with Gasteiger partial charge in [-0.3, -0.25) is 9.59 Å². The van der Waals surface area contributed by atoms with Crippen molar-refractivity contribution in [2.75, 3.05) is 0 Å². The molecule has 5 aromatic rings. The molecule has 2 aromatic carbocycles. The van der Waals surface area contributed by atoms with Crippen LogP contribution in [-0.2, 0) is 17.9 Å². The summed E-state index contributed by atoms with van der Waals surface area (Å²) in [5.41, 5.74) is 1.42. The van der Waals surface area contributed by atoms with Crippen molar-refractivity contribution in [3.63, 3.8) is 0 Å². The predicted molar refractivity (Wildman–Crippen MR) is 145 cm³/mol. The molecule has 182 valence electrons. The summed E-state index contributed by atoms with van der Waals surface area (Å²) in [5, 5.41) is 3.52. The molecule has 36 heavy (non-hydrogen) atoms. The smallest absolute Gasteiger partial charge is 0.248 e. The number of amides is 1. The third-order valence-electron chi connectivity index (χ3n) is 5.61. The number of furan rings is 1. The number of hydrogen-bond donors (Lipinski definition) is 2. The molecule has 0 saturated carbocycles. The summed E-state index contributed by atoms with van der Waals surface area (Å²) in [5.74, 6) is 0.630. The Kier molecular flexibility index (Phi) is 7.58. The summed E-state index contributed by atoms with van der Waals surface area (Å²) in [6, 6.07) is 23.4. The van der Waals surface area contributed by atoms with Crippen LogP contribution in [0.1, 0.15) is 22.2 Å². The third-order valence-corrected chi connectivity index (χ3v) is 7.56. The van der Waals surface area contributed by atoms with Gasteiger partial charge in [-0.25, -0.2) is 4.72 Å². The fourth-order valence-electron chi connectivity index (χ4n) is 3.81. The number of aromatic nitrogens is 1. The molecule has 3 aromatic heterocycles. The van der Waals surface area contributed by atoms with E-state index in [1.54, 1.807) is 40.7 Å². The molecule has 0 aliphatic heterocycles. The fourth-order valence-corrected chi connectivity index (χ4v) is 5.47. The van der Waals surface area contributed by atoms with Gasteiger partial charge in [0.05, 0.1) is 19.4 Å². The summed E-state index contributed by atoms with van der Waals surface area (Å²) < 4.78 is 8.92. The van der Waals surface area contributed by atoms with Gasteiger partial charge < -0.3 is 14.3 Å². The molecule has 0 aliphatic carbocycles. The van der Waals surface area contributed by atoms with Crippen LogP contribution in [0, 0.1) is 0 Å². The minimum atomic E-state index is -0.631. The SMILES string of the molecule is O=C([C@H](NSc1ccc2[nH]c(=O)ccc2c1)c1ccc(Cl)cc1)N(Cc1ccco1)Cc1cccs1. The molecule has 0 bridgehead atoms. The number of nitrogens with zero attached hydrogens (tertiary/aromatic N) is 1. The van der Waals surface area contributed by atoms with Crippen LogP contribution in [0.3, 0.4) is 0 Å².